The maximum atomic E-state index is 11.7. The highest BCUT2D eigenvalue weighted by atomic mass is 16.5. The number of nitrogens with one attached hydrogen (secondary N) is 1. The van der Waals surface area contributed by atoms with Crippen molar-refractivity contribution in [3.63, 3.8) is 0 Å². The Morgan fingerprint density at radius 2 is 1.79 bits per heavy atom. The number of fused-ring (bicyclic) bond motifs is 2. The molecule has 0 bridgehead atoms. The molecule has 1 aromatic heterocycles. The predicted molar refractivity (Wildman–Crippen MR) is 154 cm³/mol. The van der Waals surface area contributed by atoms with Crippen LogP contribution in [0.3, 0.4) is 0 Å². The van der Waals surface area contributed by atoms with Crippen LogP contribution in [0, 0.1) is 6.92 Å². The Labute approximate surface area is 224 Å². The molecule has 38 heavy (non-hydrogen) atoms. The molecule has 6 rings (SSSR count). The molecular weight excluding hydrogens is 472 g/mol. The van der Waals surface area contributed by atoms with Gasteiger partial charge in [0, 0.05) is 74.7 Å². The van der Waals surface area contributed by atoms with Crippen molar-refractivity contribution in [2.24, 2.45) is 0 Å². The van der Waals surface area contributed by atoms with Crippen LogP contribution >= 0.6 is 0 Å². The molecule has 3 heterocycles. The number of aryl methyl sites for hydroxylation is 2. The summed E-state index contributed by atoms with van der Waals surface area (Å²) in [5, 5.41) is 4.29. The molecule has 2 aliphatic heterocycles. The Balaban J connectivity index is 1.00. The van der Waals surface area contributed by atoms with Crippen molar-refractivity contribution in [2.75, 3.05) is 49.5 Å². The van der Waals surface area contributed by atoms with Gasteiger partial charge in [0.2, 0.25) is 5.91 Å². The molecule has 4 aromatic rings. The van der Waals surface area contributed by atoms with Crippen LogP contribution < -0.4 is 15.0 Å². The summed E-state index contributed by atoms with van der Waals surface area (Å²) in [5.74, 6) is 0.919. The number of hydrogen-bond acceptors (Lipinski definition) is 4. The number of nitrogens with zero attached hydrogens (tertiary/aromatic N) is 3. The minimum atomic E-state index is 0.0878. The summed E-state index contributed by atoms with van der Waals surface area (Å²) >= 11 is 0. The van der Waals surface area contributed by atoms with Gasteiger partial charge in [0.15, 0.2) is 0 Å². The van der Waals surface area contributed by atoms with Gasteiger partial charge in [-0.05, 0) is 55.2 Å². The van der Waals surface area contributed by atoms with Crippen LogP contribution in [-0.2, 0) is 17.8 Å². The summed E-state index contributed by atoms with van der Waals surface area (Å²) in [6, 6.07) is 23.8. The molecule has 6 heteroatoms. The second-order valence-corrected chi connectivity index (χ2v) is 10.5. The van der Waals surface area contributed by atoms with E-state index in [0.29, 0.717) is 13.0 Å². The average Bonchev–Trinajstić information content (AvgIpc) is 3.34. The van der Waals surface area contributed by atoms with E-state index in [2.05, 4.69) is 87.4 Å². The van der Waals surface area contributed by atoms with E-state index in [1.807, 2.05) is 12.1 Å². The topological polar surface area (TPSA) is 49.7 Å². The number of benzene rings is 3. The van der Waals surface area contributed by atoms with E-state index in [4.69, 9.17) is 4.74 Å². The molecule has 1 amide bonds. The summed E-state index contributed by atoms with van der Waals surface area (Å²) in [5.41, 5.74) is 7.36. The first-order valence-electron chi connectivity index (χ1n) is 13.8. The lowest BCUT2D eigenvalue weighted by Crippen LogP contribution is -2.46. The van der Waals surface area contributed by atoms with Crippen molar-refractivity contribution in [3.8, 4) is 5.75 Å². The first-order chi connectivity index (χ1) is 18.6. The standard InChI is InChI=1S/C32H36N4O2/c1-24-5-2-6-25(21-24)23-36-15-13-28-30(7-3-8-31(28)36)35-18-16-34(17-19-35)14-4-20-38-27-11-9-26-10-12-32(37)33-29(26)22-27/h2-3,5-9,11,13,15,21-22H,4,10,12,14,16-20,23H2,1H3,(H,33,37). The van der Waals surface area contributed by atoms with Gasteiger partial charge in [0.05, 0.1) is 12.1 Å². The fraction of sp³-hybridized carbons (Fsp3) is 0.344. The smallest absolute Gasteiger partial charge is 0.224 e. The third-order valence-electron chi connectivity index (χ3n) is 7.80. The second-order valence-electron chi connectivity index (χ2n) is 10.5. The van der Waals surface area contributed by atoms with Crippen molar-refractivity contribution in [1.29, 1.82) is 0 Å². The lowest BCUT2D eigenvalue weighted by molar-refractivity contribution is -0.116. The number of ether oxygens (including phenoxy) is 1. The van der Waals surface area contributed by atoms with Gasteiger partial charge in [0.1, 0.15) is 5.75 Å². The second kappa shape index (κ2) is 10.9. The minimum Gasteiger partial charge on any atom is -0.493 e. The van der Waals surface area contributed by atoms with Crippen LogP contribution in [-0.4, -0.2) is 54.7 Å². The summed E-state index contributed by atoms with van der Waals surface area (Å²) in [6.07, 6.45) is 4.58. The molecule has 196 valence electrons. The summed E-state index contributed by atoms with van der Waals surface area (Å²) in [7, 11) is 0. The number of aromatic nitrogens is 1. The molecule has 0 atom stereocenters. The predicted octanol–water partition coefficient (Wildman–Crippen LogP) is 5.47. The molecule has 0 spiro atoms. The maximum absolute atomic E-state index is 11.7. The first-order valence-corrected chi connectivity index (χ1v) is 13.8. The average molecular weight is 509 g/mol. The molecule has 1 fully saturated rings. The minimum absolute atomic E-state index is 0.0878. The SMILES string of the molecule is Cc1cccc(Cn2ccc3c(N4CCN(CCCOc5ccc6c(c5)NC(=O)CC6)CC4)cccc32)c1. The quantitative estimate of drug-likeness (QED) is 0.321. The third kappa shape index (κ3) is 5.41. The van der Waals surface area contributed by atoms with Crippen molar-refractivity contribution in [2.45, 2.75) is 32.7 Å². The summed E-state index contributed by atoms with van der Waals surface area (Å²) < 4.78 is 8.36. The molecule has 0 radical (unpaired) electrons. The normalized spacial score (nSPS) is 15.9. The fourth-order valence-corrected chi connectivity index (χ4v) is 5.76. The van der Waals surface area contributed by atoms with Crippen LogP contribution in [0.1, 0.15) is 29.5 Å². The van der Waals surface area contributed by atoms with E-state index < -0.39 is 0 Å². The van der Waals surface area contributed by atoms with Crippen LogP contribution in [0.15, 0.2) is 72.9 Å². The Morgan fingerprint density at radius 1 is 0.921 bits per heavy atom. The molecule has 6 nitrogen and oxygen atoms in total. The van der Waals surface area contributed by atoms with Crippen molar-refractivity contribution in [1.82, 2.24) is 9.47 Å². The first kappa shape index (κ1) is 24.6. The monoisotopic (exact) mass is 508 g/mol. The van der Waals surface area contributed by atoms with Gasteiger partial charge < -0.3 is 19.5 Å². The van der Waals surface area contributed by atoms with Crippen LogP contribution in [0.25, 0.3) is 10.9 Å². The number of anilines is 2. The Kier molecular flexibility index (Phi) is 7.06. The number of piperazine rings is 1. The van der Waals surface area contributed by atoms with Crippen LogP contribution in [0.4, 0.5) is 11.4 Å². The summed E-state index contributed by atoms with van der Waals surface area (Å²) in [6.45, 7) is 8.95. The lowest BCUT2D eigenvalue weighted by atomic mass is 10.0. The van der Waals surface area contributed by atoms with E-state index in [9.17, 15) is 4.79 Å². The molecule has 0 unspecified atom stereocenters. The van der Waals surface area contributed by atoms with E-state index in [1.165, 1.54) is 33.3 Å². The molecule has 1 N–H and O–H groups in total. The Morgan fingerprint density at radius 3 is 2.66 bits per heavy atom. The third-order valence-corrected chi connectivity index (χ3v) is 7.80. The zero-order valence-corrected chi connectivity index (χ0v) is 22.2. The Bertz CT molecular complexity index is 1430. The number of rotatable bonds is 8. The highest BCUT2D eigenvalue weighted by molar-refractivity contribution is 5.94. The van der Waals surface area contributed by atoms with Crippen LogP contribution in [0.2, 0.25) is 0 Å². The largest absolute Gasteiger partial charge is 0.493 e. The van der Waals surface area contributed by atoms with Gasteiger partial charge in [-0.25, -0.2) is 0 Å². The van der Waals surface area contributed by atoms with Gasteiger partial charge in [0.25, 0.3) is 0 Å². The van der Waals surface area contributed by atoms with Gasteiger partial charge in [-0.3, -0.25) is 9.69 Å². The molecular formula is C32H36N4O2. The zero-order valence-electron chi connectivity index (χ0n) is 22.2. The fourth-order valence-electron chi connectivity index (χ4n) is 5.76. The highest BCUT2D eigenvalue weighted by Crippen LogP contribution is 2.30. The number of hydrogen-bond donors (Lipinski definition) is 1. The lowest BCUT2D eigenvalue weighted by Gasteiger charge is -2.36. The van der Waals surface area contributed by atoms with E-state index >= 15 is 0 Å². The molecule has 2 aliphatic rings. The van der Waals surface area contributed by atoms with Crippen molar-refractivity contribution >= 4 is 28.2 Å². The maximum Gasteiger partial charge on any atom is 0.224 e. The van der Waals surface area contributed by atoms with Gasteiger partial charge in [-0.1, -0.05) is 42.0 Å². The van der Waals surface area contributed by atoms with E-state index in [0.717, 1.165) is 63.5 Å². The summed E-state index contributed by atoms with van der Waals surface area (Å²) in [4.78, 5) is 16.7. The molecule has 0 aliphatic carbocycles. The van der Waals surface area contributed by atoms with Gasteiger partial charge >= 0.3 is 0 Å². The number of amides is 1. The molecule has 3 aromatic carbocycles. The van der Waals surface area contributed by atoms with E-state index in [-0.39, 0.29) is 5.91 Å². The number of carbonyl (C=O) groups is 1. The molecule has 0 saturated carbocycles. The van der Waals surface area contributed by atoms with E-state index in [1.54, 1.807) is 0 Å². The van der Waals surface area contributed by atoms with Gasteiger partial charge in [-0.2, -0.15) is 0 Å². The highest BCUT2D eigenvalue weighted by Gasteiger charge is 2.19. The van der Waals surface area contributed by atoms with Gasteiger partial charge in [-0.15, -0.1) is 0 Å². The number of carbonyl (C=O) groups excluding carboxylic acids is 1. The zero-order chi connectivity index (χ0) is 25.9. The van der Waals surface area contributed by atoms with Crippen molar-refractivity contribution < 1.29 is 9.53 Å². The van der Waals surface area contributed by atoms with Crippen molar-refractivity contribution in [3.05, 3.63) is 89.6 Å². The molecule has 1 saturated heterocycles. The Hall–Kier alpha value is -3.77. The van der Waals surface area contributed by atoms with Crippen LogP contribution in [0.5, 0.6) is 5.75 Å².